The molecule has 0 aromatic carbocycles. The summed E-state index contributed by atoms with van der Waals surface area (Å²) < 4.78 is 8.21. The van der Waals surface area contributed by atoms with Gasteiger partial charge in [-0.3, -0.25) is 0 Å². The first-order valence-corrected chi connectivity index (χ1v) is 19.9. The van der Waals surface area contributed by atoms with E-state index in [9.17, 15) is 0 Å². The zero-order valence-electron chi connectivity index (χ0n) is 15.4. The van der Waals surface area contributed by atoms with Gasteiger partial charge in [0.15, 0.2) is 0 Å². The van der Waals surface area contributed by atoms with Gasteiger partial charge in [0.2, 0.25) is 0 Å². The topological polar surface area (TPSA) is 0 Å². The van der Waals surface area contributed by atoms with Gasteiger partial charge < -0.3 is 0 Å². The van der Waals surface area contributed by atoms with Gasteiger partial charge in [-0.1, -0.05) is 0 Å². The second kappa shape index (κ2) is 11.7. The van der Waals surface area contributed by atoms with Crippen molar-refractivity contribution in [3.05, 3.63) is 0 Å². The Hall–Kier alpha value is 0.136. The van der Waals surface area contributed by atoms with Gasteiger partial charge in [-0.05, 0) is 0 Å². The summed E-state index contributed by atoms with van der Waals surface area (Å²) in [5.41, 5.74) is 3.41. The van der Waals surface area contributed by atoms with Gasteiger partial charge in [0.1, 0.15) is 0 Å². The first-order chi connectivity index (χ1) is 9.89. The molecule has 0 aliphatic heterocycles. The Bertz CT molecular complexity index is 362. The average molecular weight is 411 g/mol. The summed E-state index contributed by atoms with van der Waals surface area (Å²) in [5.74, 6) is 6.54. The maximum atomic E-state index is 3.82. The van der Waals surface area contributed by atoms with Crippen LogP contribution in [0.3, 0.4) is 0 Å². The van der Waals surface area contributed by atoms with Gasteiger partial charge in [0.05, 0.1) is 0 Å². The summed E-state index contributed by atoms with van der Waals surface area (Å²) in [6.45, 7) is 13.8. The van der Waals surface area contributed by atoms with Crippen molar-refractivity contribution in [1.29, 1.82) is 0 Å². The van der Waals surface area contributed by atoms with Crippen molar-refractivity contribution in [1.82, 2.24) is 0 Å². The fourth-order valence-corrected chi connectivity index (χ4v) is 15.9. The number of unbranched alkanes of at least 4 members (excludes halogenated alkanes) is 3. The van der Waals surface area contributed by atoms with Crippen LogP contribution in [-0.4, -0.2) is 26.5 Å². The molecule has 0 aliphatic rings. The minimum atomic E-state index is -2.24. The second-order valence-electron chi connectivity index (χ2n) is 7.34. The molecule has 0 bridgehead atoms. The monoisotopic (exact) mass is 412 g/mol. The van der Waals surface area contributed by atoms with Gasteiger partial charge >= 0.3 is 140 Å². The molecule has 0 nitrogen and oxygen atoms in total. The molecule has 2 heteroatoms. The molecule has 0 unspecified atom stereocenters. The molecule has 120 valence electrons. The molecule has 0 radical (unpaired) electrons. The van der Waals surface area contributed by atoms with E-state index < -0.39 is 26.5 Å². The molecular formula is C19H36SiSn. The fourth-order valence-electron chi connectivity index (χ4n) is 2.49. The maximum absolute atomic E-state index is 3.82. The Balaban J connectivity index is 5.10. The van der Waals surface area contributed by atoms with Gasteiger partial charge in [-0.25, -0.2) is 0 Å². The van der Waals surface area contributed by atoms with Crippen LogP contribution >= 0.6 is 0 Å². The van der Waals surface area contributed by atoms with Crippen LogP contribution in [0.25, 0.3) is 0 Å². The Kier molecular flexibility index (Phi) is 11.7. The SMILES string of the molecule is CCC[CH2][Sn]([C]#CC#C[Si](C)(C)C)([CH2]CCC)[CH2]CCC. The third-order valence-corrected chi connectivity index (χ3v) is 17.8. The van der Waals surface area contributed by atoms with Crippen molar-refractivity contribution in [2.45, 2.75) is 92.2 Å². The van der Waals surface area contributed by atoms with E-state index in [1.54, 1.807) is 0 Å². The number of rotatable bonds is 9. The minimum absolute atomic E-state index is 1.27. The summed E-state index contributed by atoms with van der Waals surface area (Å²) >= 11 is -2.24. The molecule has 0 aromatic rings. The first-order valence-electron chi connectivity index (χ1n) is 8.93. The Labute approximate surface area is 139 Å². The Morgan fingerprint density at radius 3 is 1.48 bits per heavy atom. The van der Waals surface area contributed by atoms with Crippen LogP contribution in [-0.2, 0) is 0 Å². The molecule has 0 amide bonds. The van der Waals surface area contributed by atoms with E-state index in [2.05, 4.69) is 61.7 Å². The second-order valence-corrected chi connectivity index (χ2v) is 24.4. The summed E-state index contributed by atoms with van der Waals surface area (Å²) in [4.78, 5) is 0. The summed E-state index contributed by atoms with van der Waals surface area (Å²) in [6, 6.07) is 0. The van der Waals surface area contributed by atoms with Gasteiger partial charge in [0, 0.05) is 0 Å². The fraction of sp³-hybridized carbons (Fsp3) is 0.789. The zero-order valence-corrected chi connectivity index (χ0v) is 19.2. The third-order valence-electron chi connectivity index (χ3n) is 3.85. The van der Waals surface area contributed by atoms with Crippen molar-refractivity contribution in [2.75, 3.05) is 0 Å². The quantitative estimate of drug-likeness (QED) is 0.310. The zero-order chi connectivity index (χ0) is 16.2. The molecule has 0 N–H and O–H groups in total. The molecule has 0 saturated carbocycles. The van der Waals surface area contributed by atoms with Crippen LogP contribution < -0.4 is 0 Å². The van der Waals surface area contributed by atoms with E-state index in [0.717, 1.165) is 0 Å². The van der Waals surface area contributed by atoms with Crippen LogP contribution in [0.1, 0.15) is 59.3 Å². The predicted molar refractivity (Wildman–Crippen MR) is 104 cm³/mol. The van der Waals surface area contributed by atoms with E-state index in [-0.39, 0.29) is 0 Å². The predicted octanol–water partition coefficient (Wildman–Crippen LogP) is 6.26. The standard InChI is InChI=1S/C7H9Si.3C4H9.Sn/c1-5-6-7-8(2,3)4;3*1-3-4-2;/h2-4H3;3*1,3-4H2,2H3;. The van der Waals surface area contributed by atoms with Crippen LogP contribution in [0, 0.1) is 21.3 Å². The Morgan fingerprint density at radius 1 is 0.714 bits per heavy atom. The molecule has 21 heavy (non-hydrogen) atoms. The van der Waals surface area contributed by atoms with E-state index in [4.69, 9.17) is 0 Å². The molecular weight excluding hydrogens is 375 g/mol. The van der Waals surface area contributed by atoms with E-state index >= 15 is 0 Å². The van der Waals surface area contributed by atoms with Crippen molar-refractivity contribution in [3.8, 4) is 21.3 Å². The van der Waals surface area contributed by atoms with Crippen molar-refractivity contribution in [3.63, 3.8) is 0 Å². The summed E-state index contributed by atoms with van der Waals surface area (Å²) in [5, 5.41) is 0. The molecule has 0 fully saturated rings. The van der Waals surface area contributed by atoms with E-state index in [1.807, 2.05) is 0 Å². The molecule has 0 spiro atoms. The third kappa shape index (κ3) is 11.4. The molecule has 0 heterocycles. The van der Waals surface area contributed by atoms with Crippen molar-refractivity contribution in [2.24, 2.45) is 0 Å². The van der Waals surface area contributed by atoms with Crippen molar-refractivity contribution < 1.29 is 0 Å². The van der Waals surface area contributed by atoms with Gasteiger partial charge in [-0.2, -0.15) is 0 Å². The molecule has 0 saturated heterocycles. The molecule has 0 atom stereocenters. The summed E-state index contributed by atoms with van der Waals surface area (Å²) in [7, 11) is -1.27. The molecule has 0 rings (SSSR count). The van der Waals surface area contributed by atoms with Crippen LogP contribution in [0.15, 0.2) is 0 Å². The number of hydrogen-bond donors (Lipinski definition) is 0. The van der Waals surface area contributed by atoms with Gasteiger partial charge in [0.25, 0.3) is 0 Å². The Morgan fingerprint density at radius 2 is 1.14 bits per heavy atom. The van der Waals surface area contributed by atoms with Crippen LogP contribution in [0.4, 0.5) is 0 Å². The summed E-state index contributed by atoms with van der Waals surface area (Å²) in [6.07, 6.45) is 8.12. The van der Waals surface area contributed by atoms with Crippen LogP contribution in [0.2, 0.25) is 33.0 Å². The van der Waals surface area contributed by atoms with Crippen LogP contribution in [0.5, 0.6) is 0 Å². The first kappa shape index (κ1) is 21.1. The van der Waals surface area contributed by atoms with Crippen molar-refractivity contribution >= 4 is 26.5 Å². The molecule has 0 aliphatic carbocycles. The van der Waals surface area contributed by atoms with E-state index in [1.165, 1.54) is 51.8 Å². The normalized spacial score (nSPS) is 11.3. The van der Waals surface area contributed by atoms with Gasteiger partial charge in [-0.15, -0.1) is 0 Å². The molecule has 0 aromatic heterocycles. The number of hydrogen-bond acceptors (Lipinski definition) is 0. The average Bonchev–Trinajstić information content (AvgIpc) is 2.43. The van der Waals surface area contributed by atoms with E-state index in [0.29, 0.717) is 0 Å².